The lowest BCUT2D eigenvalue weighted by Crippen LogP contribution is -2.38. The van der Waals surface area contributed by atoms with E-state index < -0.39 is 0 Å². The van der Waals surface area contributed by atoms with Gasteiger partial charge in [-0.3, -0.25) is 4.79 Å². The number of aromatic nitrogens is 1. The number of amides is 1. The molecule has 1 amide bonds. The molecule has 3 rings (SSSR count). The van der Waals surface area contributed by atoms with Gasteiger partial charge in [0.25, 0.3) is 0 Å². The van der Waals surface area contributed by atoms with Gasteiger partial charge in [0.05, 0.1) is 0 Å². The van der Waals surface area contributed by atoms with Crippen LogP contribution in [0.25, 0.3) is 10.9 Å². The van der Waals surface area contributed by atoms with E-state index in [9.17, 15) is 9.18 Å². The first-order chi connectivity index (χ1) is 9.06. The van der Waals surface area contributed by atoms with Crippen molar-refractivity contribution in [1.82, 2.24) is 9.88 Å². The lowest BCUT2D eigenvalue weighted by molar-refractivity contribution is -0.135. The fraction of sp³-hybridized carbons (Fsp3) is 0.400. The maximum Gasteiger partial charge on any atom is 0.225 e. The third-order valence-corrected chi connectivity index (χ3v) is 3.74. The summed E-state index contributed by atoms with van der Waals surface area (Å²) in [7, 11) is 0. The minimum Gasteiger partial charge on any atom is -0.358 e. The van der Waals surface area contributed by atoms with E-state index in [1.54, 1.807) is 12.1 Å². The number of nitrogens with one attached hydrogen (secondary N) is 1. The van der Waals surface area contributed by atoms with Crippen molar-refractivity contribution in [3.05, 3.63) is 35.3 Å². The van der Waals surface area contributed by atoms with Crippen molar-refractivity contribution in [3.8, 4) is 0 Å². The highest BCUT2D eigenvalue weighted by Gasteiger charge is 2.25. The molecule has 1 aromatic carbocycles. The van der Waals surface area contributed by atoms with E-state index >= 15 is 0 Å². The van der Waals surface area contributed by atoms with Crippen molar-refractivity contribution in [1.29, 1.82) is 0 Å². The molecule has 1 N–H and O–H groups in total. The minimum absolute atomic E-state index is 0.00323. The van der Waals surface area contributed by atoms with E-state index in [2.05, 4.69) is 4.98 Å². The van der Waals surface area contributed by atoms with Crippen LogP contribution in [0.1, 0.15) is 25.1 Å². The van der Waals surface area contributed by atoms with Crippen LogP contribution in [-0.2, 0) is 17.8 Å². The molecule has 19 heavy (non-hydrogen) atoms. The molecule has 4 heteroatoms. The average molecular weight is 260 g/mol. The zero-order chi connectivity index (χ0) is 13.6. The van der Waals surface area contributed by atoms with Crippen molar-refractivity contribution in [3.63, 3.8) is 0 Å². The van der Waals surface area contributed by atoms with Crippen LogP contribution >= 0.6 is 0 Å². The molecule has 100 valence electrons. The second kappa shape index (κ2) is 4.37. The number of nitrogens with zero attached hydrogens (tertiary/aromatic N) is 1. The molecular formula is C15H17FN2O. The molecule has 1 aliphatic heterocycles. The first kappa shape index (κ1) is 12.2. The molecule has 2 heterocycles. The Kier molecular flexibility index (Phi) is 2.81. The van der Waals surface area contributed by atoms with Gasteiger partial charge in [-0.25, -0.2) is 4.39 Å². The first-order valence-corrected chi connectivity index (χ1v) is 6.64. The summed E-state index contributed by atoms with van der Waals surface area (Å²) in [4.78, 5) is 17.3. The number of hydrogen-bond donors (Lipinski definition) is 1. The quantitative estimate of drug-likeness (QED) is 0.841. The molecule has 0 atom stereocenters. The lowest BCUT2D eigenvalue weighted by Gasteiger charge is -2.28. The number of aromatic amines is 1. The lowest BCUT2D eigenvalue weighted by atomic mass is 10.0. The molecule has 0 aliphatic carbocycles. The van der Waals surface area contributed by atoms with Crippen molar-refractivity contribution in [2.75, 3.05) is 6.54 Å². The van der Waals surface area contributed by atoms with Gasteiger partial charge in [0.15, 0.2) is 0 Å². The number of hydrogen-bond acceptors (Lipinski definition) is 1. The molecular weight excluding hydrogens is 243 g/mol. The SMILES string of the molecule is CC(C)C(=O)N1CCc2[nH]c3ccc(F)cc3c2C1. The highest BCUT2D eigenvalue weighted by Crippen LogP contribution is 2.28. The molecule has 0 unspecified atom stereocenters. The summed E-state index contributed by atoms with van der Waals surface area (Å²) >= 11 is 0. The number of benzene rings is 1. The summed E-state index contributed by atoms with van der Waals surface area (Å²) in [6, 6.07) is 4.77. The second-order valence-corrected chi connectivity index (χ2v) is 5.44. The van der Waals surface area contributed by atoms with Crippen LogP contribution in [-0.4, -0.2) is 22.3 Å². The van der Waals surface area contributed by atoms with Gasteiger partial charge in [0, 0.05) is 47.6 Å². The van der Waals surface area contributed by atoms with Crippen LogP contribution in [0, 0.1) is 11.7 Å². The van der Waals surface area contributed by atoms with E-state index in [0.29, 0.717) is 6.54 Å². The number of carbonyl (C=O) groups excluding carboxylic acids is 1. The fourth-order valence-corrected chi connectivity index (χ4v) is 2.74. The van der Waals surface area contributed by atoms with Crippen molar-refractivity contribution < 1.29 is 9.18 Å². The molecule has 3 nitrogen and oxygen atoms in total. The Balaban J connectivity index is 2.01. The second-order valence-electron chi connectivity index (χ2n) is 5.44. The number of carbonyl (C=O) groups is 1. The molecule has 2 aromatic rings. The van der Waals surface area contributed by atoms with Crippen molar-refractivity contribution in [2.24, 2.45) is 5.92 Å². The molecule has 0 saturated heterocycles. The van der Waals surface area contributed by atoms with E-state index in [1.807, 2.05) is 18.7 Å². The van der Waals surface area contributed by atoms with E-state index in [0.717, 1.165) is 35.1 Å². The molecule has 1 aromatic heterocycles. The summed E-state index contributed by atoms with van der Waals surface area (Å²) in [6.45, 7) is 5.13. The Labute approximate surface area is 111 Å². The Morgan fingerprint density at radius 1 is 1.42 bits per heavy atom. The Morgan fingerprint density at radius 2 is 2.21 bits per heavy atom. The number of halogens is 1. The molecule has 0 fully saturated rings. The molecule has 0 spiro atoms. The topological polar surface area (TPSA) is 36.1 Å². The van der Waals surface area contributed by atoms with E-state index in [4.69, 9.17) is 0 Å². The highest BCUT2D eigenvalue weighted by molar-refractivity contribution is 5.86. The first-order valence-electron chi connectivity index (χ1n) is 6.64. The van der Waals surface area contributed by atoms with Crippen LogP contribution in [0.3, 0.4) is 0 Å². The molecule has 0 saturated carbocycles. The van der Waals surface area contributed by atoms with Gasteiger partial charge in [-0.05, 0) is 18.2 Å². The van der Waals surface area contributed by atoms with Crippen LogP contribution in [0.4, 0.5) is 4.39 Å². The van der Waals surface area contributed by atoms with Gasteiger partial charge < -0.3 is 9.88 Å². The summed E-state index contributed by atoms with van der Waals surface area (Å²) in [5, 5.41) is 0.899. The minimum atomic E-state index is -0.235. The van der Waals surface area contributed by atoms with Gasteiger partial charge in [-0.2, -0.15) is 0 Å². The van der Waals surface area contributed by atoms with E-state index in [1.165, 1.54) is 6.07 Å². The third-order valence-electron chi connectivity index (χ3n) is 3.74. The highest BCUT2D eigenvalue weighted by atomic mass is 19.1. The zero-order valence-corrected chi connectivity index (χ0v) is 11.2. The summed E-state index contributed by atoms with van der Waals surface area (Å²) in [5.41, 5.74) is 3.15. The third kappa shape index (κ3) is 2.01. The molecule has 0 radical (unpaired) electrons. The standard InChI is InChI=1S/C15H17FN2O/c1-9(2)15(19)18-6-5-14-12(8-18)11-7-10(16)3-4-13(11)17-14/h3-4,7,9,17H,5-6,8H2,1-2H3. The van der Waals surface area contributed by atoms with Crippen molar-refractivity contribution in [2.45, 2.75) is 26.8 Å². The summed E-state index contributed by atoms with van der Waals surface area (Å²) < 4.78 is 13.4. The van der Waals surface area contributed by atoms with Gasteiger partial charge >= 0.3 is 0 Å². The number of rotatable bonds is 1. The predicted molar refractivity (Wildman–Crippen MR) is 72.2 cm³/mol. The fourth-order valence-electron chi connectivity index (χ4n) is 2.74. The Bertz CT molecular complexity index is 645. The maximum absolute atomic E-state index is 13.4. The molecule has 1 aliphatic rings. The number of H-pyrrole nitrogens is 1. The van der Waals surface area contributed by atoms with Crippen molar-refractivity contribution >= 4 is 16.8 Å². The molecule has 0 bridgehead atoms. The smallest absolute Gasteiger partial charge is 0.225 e. The van der Waals surface area contributed by atoms with Gasteiger partial charge in [0.1, 0.15) is 5.82 Å². The Hall–Kier alpha value is -1.84. The number of fused-ring (bicyclic) bond motifs is 3. The summed E-state index contributed by atoms with van der Waals surface area (Å²) in [6.07, 6.45) is 0.810. The van der Waals surface area contributed by atoms with Gasteiger partial charge in [-0.1, -0.05) is 13.8 Å². The summed E-state index contributed by atoms with van der Waals surface area (Å²) in [5.74, 6) is -0.0681. The zero-order valence-electron chi connectivity index (χ0n) is 11.2. The predicted octanol–water partition coefficient (Wildman–Crippen LogP) is 2.85. The average Bonchev–Trinajstić information content (AvgIpc) is 2.75. The Morgan fingerprint density at radius 3 is 2.95 bits per heavy atom. The van der Waals surface area contributed by atoms with Crippen LogP contribution in [0.2, 0.25) is 0 Å². The largest absolute Gasteiger partial charge is 0.358 e. The van der Waals surface area contributed by atoms with Gasteiger partial charge in [-0.15, -0.1) is 0 Å². The van der Waals surface area contributed by atoms with E-state index in [-0.39, 0.29) is 17.6 Å². The van der Waals surface area contributed by atoms with Gasteiger partial charge in [0.2, 0.25) is 5.91 Å². The van der Waals surface area contributed by atoms with Crippen LogP contribution < -0.4 is 0 Å². The monoisotopic (exact) mass is 260 g/mol. The normalized spacial score (nSPS) is 15.1. The van der Waals surface area contributed by atoms with Crippen LogP contribution in [0.15, 0.2) is 18.2 Å². The maximum atomic E-state index is 13.4. The van der Waals surface area contributed by atoms with Crippen LogP contribution in [0.5, 0.6) is 0 Å².